The van der Waals surface area contributed by atoms with Gasteiger partial charge in [-0.15, -0.1) is 15.3 Å². The maximum absolute atomic E-state index is 11.4. The molecule has 7 nitrogen and oxygen atoms in total. The van der Waals surface area contributed by atoms with Gasteiger partial charge >= 0.3 is 5.97 Å². The molecular weight excluding hydrogens is 282 g/mol. The fraction of sp³-hybridized carbons (Fsp3) is 0.600. The van der Waals surface area contributed by atoms with E-state index >= 15 is 0 Å². The van der Waals surface area contributed by atoms with Crippen LogP contribution in [0.2, 0.25) is 0 Å². The molecule has 1 atom stereocenters. The topological polar surface area (TPSA) is 92.4 Å². The molecule has 0 amide bonds. The summed E-state index contributed by atoms with van der Waals surface area (Å²) in [5.74, 6) is 0.639. The number of hydrogen-bond donors (Lipinski definition) is 2. The molecule has 2 rings (SSSR count). The monoisotopic (exact) mass is 305 g/mol. The summed E-state index contributed by atoms with van der Waals surface area (Å²) in [5.41, 5.74) is 0.445. The van der Waals surface area contributed by atoms with E-state index in [9.17, 15) is 9.90 Å². The summed E-state index contributed by atoms with van der Waals surface area (Å²) in [6.07, 6.45) is 0.531. The van der Waals surface area contributed by atoms with Gasteiger partial charge < -0.3 is 10.4 Å². The Morgan fingerprint density at radius 1 is 1.32 bits per heavy atom. The number of carboxylic acid groups (broad SMARTS) is 1. The molecule has 0 unspecified atom stereocenters. The van der Waals surface area contributed by atoms with Crippen molar-refractivity contribution in [2.45, 2.75) is 52.5 Å². The van der Waals surface area contributed by atoms with Gasteiger partial charge in [0.15, 0.2) is 11.5 Å². The van der Waals surface area contributed by atoms with E-state index in [1.165, 1.54) is 0 Å². The second-order valence-corrected chi connectivity index (χ2v) is 6.93. The molecule has 2 N–H and O–H groups in total. The standard InChI is InChI=1S/C15H23N5O2/c1-9(2)8-10(13(21)22)16-11-6-7-12-17-18-14(15(3,4)5)20(12)19-11/h6-7,9-10H,8H2,1-5H3,(H,16,19)(H,21,22)/t10-/m1/s1. The molecule has 0 radical (unpaired) electrons. The number of aromatic nitrogens is 4. The van der Waals surface area contributed by atoms with Gasteiger partial charge in [0.25, 0.3) is 0 Å². The van der Waals surface area contributed by atoms with Crippen LogP contribution in [0.4, 0.5) is 5.82 Å². The highest BCUT2D eigenvalue weighted by Gasteiger charge is 2.23. The zero-order valence-electron chi connectivity index (χ0n) is 13.7. The highest BCUT2D eigenvalue weighted by Crippen LogP contribution is 2.21. The van der Waals surface area contributed by atoms with Gasteiger partial charge in [-0.3, -0.25) is 0 Å². The summed E-state index contributed by atoms with van der Waals surface area (Å²) in [7, 11) is 0. The van der Waals surface area contributed by atoms with Gasteiger partial charge in [0.05, 0.1) is 0 Å². The molecule has 2 aromatic rings. The molecule has 0 aromatic carbocycles. The minimum Gasteiger partial charge on any atom is -0.480 e. The van der Waals surface area contributed by atoms with Crippen molar-refractivity contribution < 1.29 is 9.90 Å². The first-order valence-electron chi connectivity index (χ1n) is 7.40. The van der Waals surface area contributed by atoms with E-state index < -0.39 is 12.0 Å². The van der Waals surface area contributed by atoms with Crippen molar-refractivity contribution in [3.05, 3.63) is 18.0 Å². The van der Waals surface area contributed by atoms with Crippen LogP contribution in [0.1, 0.15) is 46.9 Å². The van der Waals surface area contributed by atoms with Crippen LogP contribution in [0.3, 0.4) is 0 Å². The van der Waals surface area contributed by atoms with Gasteiger partial charge in [0.1, 0.15) is 11.9 Å². The highest BCUT2D eigenvalue weighted by atomic mass is 16.4. The lowest BCUT2D eigenvalue weighted by atomic mass is 9.96. The average molecular weight is 305 g/mol. The molecule has 0 bridgehead atoms. The minimum atomic E-state index is -0.879. The molecular formula is C15H23N5O2. The van der Waals surface area contributed by atoms with E-state index in [0.29, 0.717) is 17.9 Å². The lowest BCUT2D eigenvalue weighted by Crippen LogP contribution is -2.31. The van der Waals surface area contributed by atoms with E-state index in [1.807, 2.05) is 34.6 Å². The molecule has 0 spiro atoms. The van der Waals surface area contributed by atoms with E-state index in [0.717, 1.165) is 5.82 Å². The molecule has 0 fully saturated rings. The largest absolute Gasteiger partial charge is 0.480 e. The fourth-order valence-corrected chi connectivity index (χ4v) is 2.20. The Morgan fingerprint density at radius 3 is 2.55 bits per heavy atom. The van der Waals surface area contributed by atoms with Gasteiger partial charge in [0.2, 0.25) is 0 Å². The summed E-state index contributed by atoms with van der Waals surface area (Å²) in [6, 6.07) is 2.85. The highest BCUT2D eigenvalue weighted by molar-refractivity contribution is 5.76. The summed E-state index contributed by atoms with van der Waals surface area (Å²) in [5, 5.41) is 25.0. The average Bonchev–Trinajstić information content (AvgIpc) is 2.80. The Labute approximate surface area is 129 Å². The first-order chi connectivity index (χ1) is 10.2. The van der Waals surface area contributed by atoms with E-state index in [-0.39, 0.29) is 11.3 Å². The summed E-state index contributed by atoms with van der Waals surface area (Å²) in [4.78, 5) is 11.4. The molecule has 0 aliphatic heterocycles. The van der Waals surface area contributed by atoms with Crippen molar-refractivity contribution in [2.24, 2.45) is 5.92 Å². The SMILES string of the molecule is CC(C)C[C@@H](Nc1ccc2nnc(C(C)(C)C)n2n1)C(=O)O. The predicted octanol–water partition coefficient (Wildman–Crippen LogP) is 2.33. The molecule has 22 heavy (non-hydrogen) atoms. The lowest BCUT2D eigenvalue weighted by Gasteiger charge is -2.18. The quantitative estimate of drug-likeness (QED) is 0.880. The molecule has 0 saturated carbocycles. The Balaban J connectivity index is 2.34. The molecule has 0 saturated heterocycles. The van der Waals surface area contributed by atoms with Crippen LogP contribution >= 0.6 is 0 Å². The van der Waals surface area contributed by atoms with Crippen LogP contribution in [-0.4, -0.2) is 36.9 Å². The zero-order chi connectivity index (χ0) is 16.5. The number of carboxylic acids is 1. The smallest absolute Gasteiger partial charge is 0.326 e. The first-order valence-corrected chi connectivity index (χ1v) is 7.40. The third-order valence-electron chi connectivity index (χ3n) is 3.26. The van der Waals surface area contributed by atoms with Crippen molar-refractivity contribution in [1.29, 1.82) is 0 Å². The van der Waals surface area contributed by atoms with E-state index in [4.69, 9.17) is 0 Å². The summed E-state index contributed by atoms with van der Waals surface area (Å²) in [6.45, 7) is 10.1. The van der Waals surface area contributed by atoms with Gasteiger partial charge in [0, 0.05) is 5.41 Å². The van der Waals surface area contributed by atoms with Gasteiger partial charge in [-0.1, -0.05) is 34.6 Å². The van der Waals surface area contributed by atoms with Crippen molar-refractivity contribution in [1.82, 2.24) is 19.8 Å². The van der Waals surface area contributed by atoms with Crippen LogP contribution in [0, 0.1) is 5.92 Å². The van der Waals surface area contributed by atoms with Crippen LogP contribution in [-0.2, 0) is 10.2 Å². The molecule has 0 aliphatic carbocycles. The zero-order valence-corrected chi connectivity index (χ0v) is 13.7. The van der Waals surface area contributed by atoms with E-state index in [1.54, 1.807) is 16.6 Å². The number of nitrogens with one attached hydrogen (secondary N) is 1. The summed E-state index contributed by atoms with van der Waals surface area (Å²) >= 11 is 0. The lowest BCUT2D eigenvalue weighted by molar-refractivity contribution is -0.138. The molecule has 2 heterocycles. The van der Waals surface area contributed by atoms with Crippen LogP contribution in [0.5, 0.6) is 0 Å². The number of anilines is 1. The Bertz CT molecular complexity index is 672. The first kappa shape index (κ1) is 16.2. The predicted molar refractivity (Wildman–Crippen MR) is 84.0 cm³/mol. The third kappa shape index (κ3) is 3.52. The number of carbonyl (C=O) groups is 1. The number of nitrogens with zero attached hydrogens (tertiary/aromatic N) is 4. The number of hydrogen-bond acceptors (Lipinski definition) is 5. The number of fused-ring (bicyclic) bond motifs is 1. The van der Waals surface area contributed by atoms with Crippen molar-refractivity contribution in [3.8, 4) is 0 Å². The molecule has 120 valence electrons. The second-order valence-electron chi connectivity index (χ2n) is 6.93. The molecule has 7 heteroatoms. The van der Waals surface area contributed by atoms with Crippen molar-refractivity contribution >= 4 is 17.4 Å². The fourth-order valence-electron chi connectivity index (χ4n) is 2.20. The van der Waals surface area contributed by atoms with Gasteiger partial charge in [-0.25, -0.2) is 4.79 Å². The van der Waals surface area contributed by atoms with Gasteiger partial charge in [-0.2, -0.15) is 4.52 Å². The second kappa shape index (κ2) is 5.90. The molecule has 2 aromatic heterocycles. The Morgan fingerprint density at radius 2 is 2.00 bits per heavy atom. The van der Waals surface area contributed by atoms with Crippen molar-refractivity contribution in [2.75, 3.05) is 5.32 Å². The van der Waals surface area contributed by atoms with Crippen LogP contribution in [0.15, 0.2) is 12.1 Å². The molecule has 0 aliphatic rings. The van der Waals surface area contributed by atoms with Gasteiger partial charge in [-0.05, 0) is 24.5 Å². The number of aliphatic carboxylic acids is 1. The normalized spacial score (nSPS) is 13.5. The maximum Gasteiger partial charge on any atom is 0.326 e. The maximum atomic E-state index is 11.4. The minimum absolute atomic E-state index is 0.199. The Kier molecular flexibility index (Phi) is 4.35. The summed E-state index contributed by atoms with van der Waals surface area (Å²) < 4.78 is 1.66. The van der Waals surface area contributed by atoms with Crippen LogP contribution < -0.4 is 5.32 Å². The third-order valence-corrected chi connectivity index (χ3v) is 3.26. The van der Waals surface area contributed by atoms with E-state index in [2.05, 4.69) is 20.6 Å². The van der Waals surface area contributed by atoms with Crippen LogP contribution in [0.25, 0.3) is 5.65 Å². The van der Waals surface area contributed by atoms with Crippen molar-refractivity contribution in [3.63, 3.8) is 0 Å². The number of rotatable bonds is 5. The Hall–Kier alpha value is -2.18.